The molecule has 4 aliphatic heterocycles. The first-order valence-corrected chi connectivity index (χ1v) is 23.2. The molecule has 1 amide bonds. The molecule has 4 aliphatic carbocycles. The average Bonchev–Trinajstić information content (AvgIpc) is 3.71. The first-order valence-electron chi connectivity index (χ1n) is 23.2. The van der Waals surface area contributed by atoms with E-state index in [2.05, 4.69) is 33.0 Å². The van der Waals surface area contributed by atoms with E-state index in [-0.39, 0.29) is 52.9 Å². The van der Waals surface area contributed by atoms with Crippen LogP contribution in [-0.4, -0.2) is 142 Å². The maximum absolute atomic E-state index is 14.6. The summed E-state index contributed by atoms with van der Waals surface area (Å²) in [5.74, 6) is 1.06. The maximum Gasteiger partial charge on any atom is 0.411 e. The molecule has 8 fully saturated rings. The lowest BCUT2D eigenvalue weighted by molar-refractivity contribution is -0.364. The second kappa shape index (κ2) is 17.4. The summed E-state index contributed by atoms with van der Waals surface area (Å²) in [5.41, 5.74) is -0.677. The van der Waals surface area contributed by atoms with E-state index in [9.17, 15) is 44.6 Å². The fourth-order valence-electron chi connectivity index (χ4n) is 13.7. The number of para-hydroxylation sites is 1. The Morgan fingerprint density at radius 3 is 2.33 bits per heavy atom. The first-order chi connectivity index (χ1) is 30.0. The number of carbonyl (C=O) groups excluding carboxylic acids is 2. The highest BCUT2D eigenvalue weighted by molar-refractivity contribution is 5.87. The van der Waals surface area contributed by atoms with Crippen LogP contribution in [0.1, 0.15) is 85.5 Å². The van der Waals surface area contributed by atoms with Crippen molar-refractivity contribution in [2.24, 2.45) is 52.3 Å². The Balaban J connectivity index is 0.805. The number of aliphatic hydroxyl groups is 6. The van der Waals surface area contributed by atoms with Crippen LogP contribution in [-0.2, 0) is 38.0 Å². The number of hydrogen-bond donors (Lipinski definition) is 7. The number of carbonyl (C=O) groups is 2. The molecule has 9 rings (SSSR count). The molecule has 8 aliphatic rings. The van der Waals surface area contributed by atoms with Crippen LogP contribution in [0.15, 0.2) is 24.3 Å². The van der Waals surface area contributed by atoms with Gasteiger partial charge in [-0.2, -0.15) is 0 Å². The van der Waals surface area contributed by atoms with Gasteiger partial charge in [0.15, 0.2) is 18.4 Å². The summed E-state index contributed by atoms with van der Waals surface area (Å²) in [5, 5.41) is 67.3. The Bertz CT molecular complexity index is 1830. The van der Waals surface area contributed by atoms with E-state index in [1.807, 2.05) is 0 Å². The zero-order valence-corrected chi connectivity index (χ0v) is 36.5. The lowest BCUT2D eigenvalue weighted by Crippen LogP contribution is -2.65. The van der Waals surface area contributed by atoms with Gasteiger partial charge in [0.25, 0.3) is 0 Å². The SMILES string of the molecule is C[C@@H]1CC[C@@]2(OC1)O[C@H]1C[C@H]3[C@@H]4CC[C@H]5C[C@@H](O[C@@H]6O[C@@H](CO)[C@@H](O[C@@H]7O[C@@H](COC(=O)Nc8ccccc8F)[C@@H](O)[C@H](O)[C@@H]7O)[C@H](O)[C@@H]6O)CC[C@]5(C)[C@H]4CC(=O)[C@]3(C)[C@H]1[C@@H]2C. The number of fused-ring (bicyclic) bond motifs is 7. The van der Waals surface area contributed by atoms with Crippen LogP contribution < -0.4 is 5.32 Å². The number of ether oxygens (including phenoxy) is 7. The second-order valence-corrected chi connectivity index (χ2v) is 20.6. The molecule has 0 bridgehead atoms. The molecule has 1 spiro atoms. The van der Waals surface area contributed by atoms with Crippen molar-refractivity contribution in [3.8, 4) is 0 Å². The Morgan fingerprint density at radius 2 is 1.60 bits per heavy atom. The van der Waals surface area contributed by atoms with Crippen LogP contribution >= 0.6 is 0 Å². The van der Waals surface area contributed by atoms with E-state index in [0.717, 1.165) is 44.6 Å². The highest BCUT2D eigenvalue weighted by Crippen LogP contribution is 2.70. The molecule has 0 unspecified atom stereocenters. The molecular weight excluding hydrogens is 825 g/mol. The van der Waals surface area contributed by atoms with Crippen LogP contribution in [0.2, 0.25) is 0 Å². The van der Waals surface area contributed by atoms with Gasteiger partial charge in [0.2, 0.25) is 0 Å². The van der Waals surface area contributed by atoms with Gasteiger partial charge in [-0.05, 0) is 92.1 Å². The number of rotatable bonds is 8. The van der Waals surface area contributed by atoms with Gasteiger partial charge in [-0.1, -0.05) is 39.8 Å². The number of benzene rings is 1. The van der Waals surface area contributed by atoms with Crippen LogP contribution in [0.4, 0.5) is 14.9 Å². The zero-order chi connectivity index (χ0) is 44.7. The number of Topliss-reactive ketones (excluding diaryl/α,β-unsaturated/α-hetero) is 1. The fraction of sp³-hybridized carbons (Fsp3) is 0.826. The Morgan fingerprint density at radius 1 is 0.873 bits per heavy atom. The second-order valence-electron chi connectivity index (χ2n) is 20.6. The third-order valence-corrected chi connectivity index (χ3v) is 17.3. The van der Waals surface area contributed by atoms with Crippen LogP contribution in [0.3, 0.4) is 0 Å². The van der Waals surface area contributed by atoms with Gasteiger partial charge in [0.1, 0.15) is 67.0 Å². The maximum atomic E-state index is 14.6. The molecule has 0 radical (unpaired) electrons. The quantitative estimate of drug-likeness (QED) is 0.186. The van der Waals surface area contributed by atoms with Crippen molar-refractivity contribution in [3.05, 3.63) is 30.1 Å². The van der Waals surface area contributed by atoms with Crippen molar-refractivity contribution in [1.29, 1.82) is 0 Å². The fourth-order valence-corrected chi connectivity index (χ4v) is 13.7. The number of hydrogen-bond acceptors (Lipinski definition) is 15. The monoisotopic (exact) mass is 891 g/mol. The molecule has 63 heavy (non-hydrogen) atoms. The van der Waals surface area contributed by atoms with Gasteiger partial charge in [-0.3, -0.25) is 10.1 Å². The normalized spacial score (nSPS) is 50.6. The first kappa shape index (κ1) is 45.8. The summed E-state index contributed by atoms with van der Waals surface area (Å²) in [6.45, 7) is 8.39. The highest BCUT2D eigenvalue weighted by atomic mass is 19.1. The molecule has 1 aromatic rings. The van der Waals surface area contributed by atoms with Gasteiger partial charge < -0.3 is 63.8 Å². The molecule has 352 valence electrons. The average molecular weight is 892 g/mol. The number of anilines is 1. The van der Waals surface area contributed by atoms with Crippen molar-refractivity contribution >= 4 is 17.6 Å². The minimum absolute atomic E-state index is 0.0243. The molecule has 16 nitrogen and oxygen atoms in total. The van der Waals surface area contributed by atoms with Crippen LogP contribution in [0, 0.1) is 58.1 Å². The van der Waals surface area contributed by atoms with Crippen LogP contribution in [0.5, 0.6) is 0 Å². The van der Waals surface area contributed by atoms with Crippen molar-refractivity contribution in [2.45, 2.75) is 165 Å². The molecule has 7 N–H and O–H groups in total. The number of aliphatic hydroxyl groups excluding tert-OH is 6. The van der Waals surface area contributed by atoms with Crippen LogP contribution in [0.25, 0.3) is 0 Å². The molecule has 4 saturated heterocycles. The van der Waals surface area contributed by atoms with E-state index in [4.69, 9.17) is 33.2 Å². The molecule has 22 atom stereocenters. The van der Waals surface area contributed by atoms with Crippen molar-refractivity contribution in [1.82, 2.24) is 0 Å². The van der Waals surface area contributed by atoms with Crippen molar-refractivity contribution in [2.75, 3.05) is 25.1 Å². The zero-order valence-electron chi connectivity index (χ0n) is 36.5. The van der Waals surface area contributed by atoms with E-state index in [1.165, 1.54) is 18.2 Å². The van der Waals surface area contributed by atoms with Gasteiger partial charge in [-0.25, -0.2) is 9.18 Å². The number of nitrogens with one attached hydrogen (secondary N) is 1. The van der Waals surface area contributed by atoms with Gasteiger partial charge in [0.05, 0.1) is 31.1 Å². The van der Waals surface area contributed by atoms with E-state index < -0.39 is 97.7 Å². The minimum atomic E-state index is -1.86. The smallest absolute Gasteiger partial charge is 0.411 e. The minimum Gasteiger partial charge on any atom is -0.446 e. The summed E-state index contributed by atoms with van der Waals surface area (Å²) in [4.78, 5) is 26.9. The molecule has 17 heteroatoms. The number of halogens is 1. The third-order valence-electron chi connectivity index (χ3n) is 17.3. The van der Waals surface area contributed by atoms with E-state index in [0.29, 0.717) is 43.5 Å². The summed E-state index contributed by atoms with van der Waals surface area (Å²) in [6, 6.07) is 5.39. The predicted octanol–water partition coefficient (Wildman–Crippen LogP) is 3.02. The molecule has 4 saturated carbocycles. The van der Waals surface area contributed by atoms with Crippen molar-refractivity contribution in [3.63, 3.8) is 0 Å². The molecule has 4 heterocycles. The predicted molar refractivity (Wildman–Crippen MR) is 218 cm³/mol. The summed E-state index contributed by atoms with van der Waals surface area (Å²) < 4.78 is 56.3. The van der Waals surface area contributed by atoms with Gasteiger partial charge in [-0.15, -0.1) is 0 Å². The van der Waals surface area contributed by atoms with Crippen molar-refractivity contribution < 1.29 is 77.8 Å². The summed E-state index contributed by atoms with van der Waals surface area (Å²) >= 11 is 0. The number of amides is 1. The van der Waals surface area contributed by atoms with Gasteiger partial charge >= 0.3 is 6.09 Å². The molecule has 0 aromatic heterocycles. The lowest BCUT2D eigenvalue weighted by Gasteiger charge is -2.60. The van der Waals surface area contributed by atoms with E-state index >= 15 is 0 Å². The number of ketones is 1. The van der Waals surface area contributed by atoms with E-state index in [1.54, 1.807) is 0 Å². The topological polar surface area (TPSA) is 232 Å². The Kier molecular flexibility index (Phi) is 12.6. The molecule has 1 aromatic carbocycles. The van der Waals surface area contributed by atoms with Gasteiger partial charge in [0, 0.05) is 30.1 Å². The lowest BCUT2D eigenvalue weighted by atomic mass is 9.44. The third kappa shape index (κ3) is 7.77. The largest absolute Gasteiger partial charge is 0.446 e. The Labute approximate surface area is 367 Å². The highest BCUT2D eigenvalue weighted by Gasteiger charge is 2.72. The Hall–Kier alpha value is -2.39. The summed E-state index contributed by atoms with van der Waals surface area (Å²) in [6.07, 6.45) is -9.98. The standard InChI is InChI=1S/C46H66FNO15/c1-21-11-14-46(58-19-21)22(2)34-30(63-46)16-27-25-10-9-23-15-24(12-13-44(23,3)26(25)17-33(50)45(27,34)4)59-41-39(55)37(53)40(31(18-49)60-41)62-42-38(54)36(52)35(51)32(61-42)20-57-43(56)48-29-8-6-5-7-28(29)47/h5-8,21-27,30-32,34-42,49,51-55H,9-20H2,1-4H3,(H,48,56)/t21-,22+,23+,24+,25-,26+,27+,30+,31+,32+,34+,35-,36+,37-,38+,39+,40-,41-,42+,44+,45-,46-/m1/s1. The molecular formula is C46H66FNO15. The summed E-state index contributed by atoms with van der Waals surface area (Å²) in [7, 11) is 0.